The van der Waals surface area contributed by atoms with Gasteiger partial charge in [-0.15, -0.1) is 0 Å². The standard InChI is InChI=1S/C17H35N5O/c1-7-21(8-2)14-9-12-22(13-14)16(18-6)20-11-10-19-15(23)17(3,4)5/h14H,7-13H2,1-6H3,(H,18,20)(H,19,23). The summed E-state index contributed by atoms with van der Waals surface area (Å²) in [4.78, 5) is 21.0. The van der Waals surface area contributed by atoms with Crippen LogP contribution in [-0.4, -0.2) is 74.0 Å². The molecule has 0 aliphatic carbocycles. The molecule has 134 valence electrons. The van der Waals surface area contributed by atoms with Gasteiger partial charge in [-0.05, 0) is 19.5 Å². The highest BCUT2D eigenvalue weighted by molar-refractivity contribution is 5.82. The van der Waals surface area contributed by atoms with Gasteiger partial charge in [-0.1, -0.05) is 34.6 Å². The lowest BCUT2D eigenvalue weighted by Gasteiger charge is -2.27. The van der Waals surface area contributed by atoms with Crippen LogP contribution in [0.15, 0.2) is 4.99 Å². The van der Waals surface area contributed by atoms with Crippen LogP contribution in [0.5, 0.6) is 0 Å². The van der Waals surface area contributed by atoms with Crippen molar-refractivity contribution < 1.29 is 4.79 Å². The van der Waals surface area contributed by atoms with Gasteiger partial charge in [0, 0.05) is 44.7 Å². The molecule has 1 rings (SSSR count). The van der Waals surface area contributed by atoms with E-state index in [1.165, 1.54) is 6.42 Å². The summed E-state index contributed by atoms with van der Waals surface area (Å²) >= 11 is 0. The molecule has 0 radical (unpaired) electrons. The number of hydrogen-bond donors (Lipinski definition) is 2. The monoisotopic (exact) mass is 325 g/mol. The molecular weight excluding hydrogens is 290 g/mol. The molecule has 23 heavy (non-hydrogen) atoms. The number of guanidine groups is 1. The summed E-state index contributed by atoms with van der Waals surface area (Å²) < 4.78 is 0. The van der Waals surface area contributed by atoms with Crippen molar-refractivity contribution in [3.8, 4) is 0 Å². The van der Waals surface area contributed by atoms with Gasteiger partial charge in [0.15, 0.2) is 5.96 Å². The Morgan fingerprint density at radius 2 is 1.83 bits per heavy atom. The summed E-state index contributed by atoms with van der Waals surface area (Å²) in [5.74, 6) is 1.02. The van der Waals surface area contributed by atoms with E-state index in [2.05, 4.69) is 39.3 Å². The maximum atomic E-state index is 11.8. The Morgan fingerprint density at radius 3 is 2.35 bits per heavy atom. The molecule has 1 aliphatic heterocycles. The molecule has 1 heterocycles. The first kappa shape index (κ1) is 19.7. The number of nitrogens with zero attached hydrogens (tertiary/aromatic N) is 3. The summed E-state index contributed by atoms with van der Waals surface area (Å²) in [6.07, 6.45) is 1.18. The van der Waals surface area contributed by atoms with Gasteiger partial charge in [-0.3, -0.25) is 14.7 Å². The number of rotatable bonds is 6. The van der Waals surface area contributed by atoms with E-state index in [-0.39, 0.29) is 11.3 Å². The number of aliphatic imine (C=N–C) groups is 1. The normalized spacial score (nSPS) is 19.3. The fourth-order valence-corrected chi connectivity index (χ4v) is 2.92. The molecule has 1 unspecified atom stereocenters. The van der Waals surface area contributed by atoms with Crippen molar-refractivity contribution in [2.75, 3.05) is 46.3 Å². The molecule has 6 heteroatoms. The second kappa shape index (κ2) is 9.11. The smallest absolute Gasteiger partial charge is 0.225 e. The van der Waals surface area contributed by atoms with Crippen molar-refractivity contribution in [1.82, 2.24) is 20.4 Å². The largest absolute Gasteiger partial charge is 0.354 e. The third kappa shape index (κ3) is 6.01. The molecule has 0 spiro atoms. The van der Waals surface area contributed by atoms with E-state index in [0.717, 1.165) is 32.1 Å². The molecule has 0 aromatic rings. The Labute approximate surface area is 141 Å². The van der Waals surface area contributed by atoms with Gasteiger partial charge in [0.2, 0.25) is 5.91 Å². The Balaban J connectivity index is 2.37. The topological polar surface area (TPSA) is 60.0 Å². The Hall–Kier alpha value is -1.30. The maximum absolute atomic E-state index is 11.8. The van der Waals surface area contributed by atoms with E-state index in [0.29, 0.717) is 19.1 Å². The van der Waals surface area contributed by atoms with Crippen LogP contribution in [0.25, 0.3) is 0 Å². The van der Waals surface area contributed by atoms with Crippen molar-refractivity contribution in [1.29, 1.82) is 0 Å². The van der Waals surface area contributed by atoms with Crippen LogP contribution in [0.4, 0.5) is 0 Å². The number of carbonyl (C=O) groups is 1. The van der Waals surface area contributed by atoms with Crippen LogP contribution in [0.2, 0.25) is 0 Å². The van der Waals surface area contributed by atoms with Gasteiger partial charge in [0.1, 0.15) is 0 Å². The molecule has 0 aromatic heterocycles. The lowest BCUT2D eigenvalue weighted by molar-refractivity contribution is -0.128. The van der Waals surface area contributed by atoms with E-state index in [1.54, 1.807) is 0 Å². The first-order chi connectivity index (χ1) is 10.8. The SMILES string of the molecule is CCN(CC)C1CCN(C(=NC)NCCNC(=O)C(C)(C)C)C1. The zero-order valence-corrected chi connectivity index (χ0v) is 15.8. The average Bonchev–Trinajstić information content (AvgIpc) is 2.97. The molecule has 1 amide bonds. The number of amides is 1. The lowest BCUT2D eigenvalue weighted by Crippen LogP contribution is -2.46. The highest BCUT2D eigenvalue weighted by Crippen LogP contribution is 2.15. The number of hydrogen-bond acceptors (Lipinski definition) is 3. The number of likely N-dealkylation sites (tertiary alicyclic amines) is 1. The first-order valence-electron chi connectivity index (χ1n) is 8.81. The van der Waals surface area contributed by atoms with Crippen molar-refractivity contribution in [3.63, 3.8) is 0 Å². The molecule has 1 saturated heterocycles. The van der Waals surface area contributed by atoms with Crippen LogP contribution in [0, 0.1) is 5.41 Å². The van der Waals surface area contributed by atoms with Crippen molar-refractivity contribution >= 4 is 11.9 Å². The minimum Gasteiger partial charge on any atom is -0.354 e. The predicted molar refractivity (Wildman–Crippen MR) is 96.7 cm³/mol. The highest BCUT2D eigenvalue weighted by atomic mass is 16.2. The van der Waals surface area contributed by atoms with Crippen LogP contribution >= 0.6 is 0 Å². The second-order valence-corrected chi connectivity index (χ2v) is 7.09. The first-order valence-corrected chi connectivity index (χ1v) is 8.81. The molecule has 0 aromatic carbocycles. The highest BCUT2D eigenvalue weighted by Gasteiger charge is 2.28. The number of nitrogens with one attached hydrogen (secondary N) is 2. The minimum atomic E-state index is -0.340. The summed E-state index contributed by atoms with van der Waals surface area (Å²) in [7, 11) is 1.82. The average molecular weight is 326 g/mol. The van der Waals surface area contributed by atoms with E-state index in [9.17, 15) is 4.79 Å². The van der Waals surface area contributed by atoms with Crippen LogP contribution in [0.3, 0.4) is 0 Å². The van der Waals surface area contributed by atoms with E-state index >= 15 is 0 Å². The molecule has 2 N–H and O–H groups in total. The second-order valence-electron chi connectivity index (χ2n) is 7.09. The van der Waals surface area contributed by atoms with Crippen molar-refractivity contribution in [2.45, 2.75) is 47.1 Å². The van der Waals surface area contributed by atoms with E-state index in [1.807, 2.05) is 27.8 Å². The fraction of sp³-hybridized carbons (Fsp3) is 0.882. The van der Waals surface area contributed by atoms with Crippen molar-refractivity contribution in [3.05, 3.63) is 0 Å². The summed E-state index contributed by atoms with van der Waals surface area (Å²) in [6.45, 7) is 15.8. The predicted octanol–water partition coefficient (Wildman–Crippen LogP) is 1.14. The van der Waals surface area contributed by atoms with Gasteiger partial charge in [0.25, 0.3) is 0 Å². The fourth-order valence-electron chi connectivity index (χ4n) is 2.92. The quantitative estimate of drug-likeness (QED) is 0.437. The van der Waals surface area contributed by atoms with Gasteiger partial charge in [0.05, 0.1) is 0 Å². The van der Waals surface area contributed by atoms with Gasteiger partial charge in [-0.2, -0.15) is 0 Å². The van der Waals surface area contributed by atoms with Crippen LogP contribution in [-0.2, 0) is 4.79 Å². The van der Waals surface area contributed by atoms with Gasteiger partial charge < -0.3 is 15.5 Å². The molecule has 1 fully saturated rings. The zero-order chi connectivity index (χ0) is 17.5. The van der Waals surface area contributed by atoms with E-state index in [4.69, 9.17) is 0 Å². The van der Waals surface area contributed by atoms with Crippen LogP contribution < -0.4 is 10.6 Å². The minimum absolute atomic E-state index is 0.0806. The van der Waals surface area contributed by atoms with Crippen molar-refractivity contribution in [2.24, 2.45) is 10.4 Å². The Bertz CT molecular complexity index is 398. The number of carbonyl (C=O) groups excluding carboxylic acids is 1. The molecule has 1 aliphatic rings. The molecule has 0 bridgehead atoms. The third-order valence-corrected chi connectivity index (χ3v) is 4.38. The Kier molecular flexibility index (Phi) is 7.82. The number of likely N-dealkylation sites (N-methyl/N-ethyl adjacent to an activating group) is 1. The lowest BCUT2D eigenvalue weighted by atomic mass is 9.96. The summed E-state index contributed by atoms with van der Waals surface area (Å²) in [5, 5.41) is 6.31. The molecular formula is C17H35N5O. The van der Waals surface area contributed by atoms with E-state index < -0.39 is 0 Å². The van der Waals surface area contributed by atoms with Gasteiger partial charge >= 0.3 is 0 Å². The maximum Gasteiger partial charge on any atom is 0.225 e. The summed E-state index contributed by atoms with van der Waals surface area (Å²) in [5.41, 5.74) is -0.340. The molecule has 1 atom stereocenters. The Morgan fingerprint density at radius 1 is 1.22 bits per heavy atom. The molecule has 0 saturated carbocycles. The van der Waals surface area contributed by atoms with Crippen LogP contribution in [0.1, 0.15) is 41.0 Å². The van der Waals surface area contributed by atoms with Gasteiger partial charge in [-0.25, -0.2) is 0 Å². The zero-order valence-electron chi connectivity index (χ0n) is 15.8. The molecule has 6 nitrogen and oxygen atoms in total. The summed E-state index contributed by atoms with van der Waals surface area (Å²) in [6, 6.07) is 0.615. The third-order valence-electron chi connectivity index (χ3n) is 4.38.